The van der Waals surface area contributed by atoms with E-state index in [0.717, 1.165) is 18.8 Å². The number of nitrogens with zero attached hydrogens (tertiary/aromatic N) is 2. The molecule has 1 heterocycles. The highest BCUT2D eigenvalue weighted by atomic mass is 16.3. The number of hydrogen-bond acceptors (Lipinski definition) is 6. The molecule has 6 heteroatoms. The average molecular weight is 239 g/mol. The molecule has 17 heavy (non-hydrogen) atoms. The maximum Gasteiger partial charge on any atom is 0.223 e. The van der Waals surface area contributed by atoms with Crippen molar-refractivity contribution in [2.45, 2.75) is 32.8 Å². The van der Waals surface area contributed by atoms with Gasteiger partial charge >= 0.3 is 0 Å². The molecule has 1 atom stereocenters. The quantitative estimate of drug-likeness (QED) is 0.568. The van der Waals surface area contributed by atoms with Crippen LogP contribution >= 0.6 is 0 Å². The molecule has 0 fully saturated rings. The van der Waals surface area contributed by atoms with E-state index in [1.54, 1.807) is 6.92 Å². The lowest BCUT2D eigenvalue weighted by Crippen LogP contribution is -2.12. The van der Waals surface area contributed by atoms with Crippen LogP contribution in [0.15, 0.2) is 6.07 Å². The summed E-state index contributed by atoms with van der Waals surface area (Å²) in [7, 11) is 0. The van der Waals surface area contributed by atoms with E-state index in [4.69, 9.17) is 10.8 Å². The Labute approximate surface area is 102 Å². The van der Waals surface area contributed by atoms with Crippen molar-refractivity contribution in [1.29, 1.82) is 0 Å². The van der Waals surface area contributed by atoms with Crippen molar-refractivity contribution in [1.82, 2.24) is 9.97 Å². The largest absolute Gasteiger partial charge is 0.393 e. The third kappa shape index (κ3) is 5.35. The summed E-state index contributed by atoms with van der Waals surface area (Å²) in [5.74, 6) is 1.64. The number of anilines is 3. The summed E-state index contributed by atoms with van der Waals surface area (Å²) in [6, 6.07) is 1.81. The standard InChI is InChI=1S/C11H21N5O/c1-3-5-13-9-7-10(16-11(12)15-9)14-6-4-8(2)17/h7-8,17H,3-6H2,1-2H3,(H4,12,13,14,15,16). The molecule has 0 bridgehead atoms. The topological polar surface area (TPSA) is 96.1 Å². The fourth-order valence-electron chi connectivity index (χ4n) is 1.31. The smallest absolute Gasteiger partial charge is 0.223 e. The number of nitrogens with one attached hydrogen (secondary N) is 2. The van der Waals surface area contributed by atoms with Crippen LogP contribution in [0.25, 0.3) is 0 Å². The van der Waals surface area contributed by atoms with Crippen LogP contribution in [-0.2, 0) is 0 Å². The molecule has 0 aliphatic rings. The number of aliphatic hydroxyl groups excluding tert-OH is 1. The molecule has 1 aromatic heterocycles. The summed E-state index contributed by atoms with van der Waals surface area (Å²) in [6.45, 7) is 5.34. The van der Waals surface area contributed by atoms with E-state index in [0.29, 0.717) is 18.8 Å². The molecule has 0 radical (unpaired) electrons. The fourth-order valence-corrected chi connectivity index (χ4v) is 1.31. The lowest BCUT2D eigenvalue weighted by atomic mass is 10.3. The van der Waals surface area contributed by atoms with Crippen LogP contribution in [0.5, 0.6) is 0 Å². The molecule has 0 aliphatic carbocycles. The Bertz CT molecular complexity index is 343. The van der Waals surface area contributed by atoms with Gasteiger partial charge in [-0.25, -0.2) is 0 Å². The summed E-state index contributed by atoms with van der Waals surface area (Å²) in [5, 5.41) is 15.4. The van der Waals surface area contributed by atoms with Crippen LogP contribution in [0.3, 0.4) is 0 Å². The van der Waals surface area contributed by atoms with E-state index < -0.39 is 0 Å². The number of aliphatic hydroxyl groups is 1. The third-order valence-electron chi connectivity index (χ3n) is 2.17. The Hall–Kier alpha value is -1.56. The Morgan fingerprint density at radius 2 is 1.88 bits per heavy atom. The summed E-state index contributed by atoms with van der Waals surface area (Å²) < 4.78 is 0. The van der Waals surface area contributed by atoms with Gasteiger partial charge in [0.05, 0.1) is 6.10 Å². The Balaban J connectivity index is 2.55. The van der Waals surface area contributed by atoms with Gasteiger partial charge in [-0.1, -0.05) is 6.92 Å². The molecule has 6 nitrogen and oxygen atoms in total. The summed E-state index contributed by atoms with van der Waals surface area (Å²) in [5.41, 5.74) is 5.61. The zero-order valence-electron chi connectivity index (χ0n) is 10.4. The van der Waals surface area contributed by atoms with Crippen LogP contribution in [-0.4, -0.2) is 34.3 Å². The van der Waals surface area contributed by atoms with Crippen LogP contribution < -0.4 is 16.4 Å². The monoisotopic (exact) mass is 239 g/mol. The van der Waals surface area contributed by atoms with E-state index >= 15 is 0 Å². The second-order valence-corrected chi connectivity index (χ2v) is 3.99. The fraction of sp³-hybridized carbons (Fsp3) is 0.636. The van der Waals surface area contributed by atoms with Gasteiger partial charge < -0.3 is 21.5 Å². The minimum Gasteiger partial charge on any atom is -0.393 e. The normalized spacial score (nSPS) is 12.2. The first-order chi connectivity index (χ1) is 8.11. The highest BCUT2D eigenvalue weighted by Crippen LogP contribution is 2.12. The van der Waals surface area contributed by atoms with Crippen molar-refractivity contribution < 1.29 is 5.11 Å². The number of aromatic nitrogens is 2. The first-order valence-electron chi connectivity index (χ1n) is 5.92. The van der Waals surface area contributed by atoms with Gasteiger partial charge in [0.15, 0.2) is 0 Å². The summed E-state index contributed by atoms with van der Waals surface area (Å²) in [6.07, 6.45) is 1.37. The van der Waals surface area contributed by atoms with Crippen molar-refractivity contribution in [2.24, 2.45) is 0 Å². The molecule has 1 aromatic rings. The van der Waals surface area contributed by atoms with Crippen LogP contribution in [0, 0.1) is 0 Å². The average Bonchev–Trinajstić information content (AvgIpc) is 2.25. The van der Waals surface area contributed by atoms with Crippen molar-refractivity contribution in [2.75, 3.05) is 29.5 Å². The predicted octanol–water partition coefficient (Wildman–Crippen LogP) is 1.06. The van der Waals surface area contributed by atoms with E-state index in [1.807, 2.05) is 6.07 Å². The van der Waals surface area contributed by atoms with Crippen molar-refractivity contribution in [3.63, 3.8) is 0 Å². The number of nitrogen functional groups attached to an aromatic ring is 1. The molecular formula is C11H21N5O. The lowest BCUT2D eigenvalue weighted by Gasteiger charge is -2.10. The van der Waals surface area contributed by atoms with E-state index in [2.05, 4.69) is 27.5 Å². The molecule has 0 aliphatic heterocycles. The Morgan fingerprint density at radius 3 is 2.41 bits per heavy atom. The third-order valence-corrected chi connectivity index (χ3v) is 2.17. The zero-order chi connectivity index (χ0) is 12.7. The van der Waals surface area contributed by atoms with Gasteiger partial charge in [-0.2, -0.15) is 9.97 Å². The second-order valence-electron chi connectivity index (χ2n) is 3.99. The first kappa shape index (κ1) is 13.5. The van der Waals surface area contributed by atoms with Gasteiger partial charge in [-0.05, 0) is 19.8 Å². The molecule has 5 N–H and O–H groups in total. The second kappa shape index (κ2) is 6.90. The van der Waals surface area contributed by atoms with Gasteiger partial charge in [0.2, 0.25) is 5.95 Å². The SMILES string of the molecule is CCCNc1cc(NCCC(C)O)nc(N)n1. The molecule has 96 valence electrons. The molecule has 0 aromatic carbocycles. The van der Waals surface area contributed by atoms with Crippen LogP contribution in [0.1, 0.15) is 26.7 Å². The van der Waals surface area contributed by atoms with Crippen LogP contribution in [0.2, 0.25) is 0 Å². The van der Waals surface area contributed by atoms with Gasteiger partial charge in [-0.15, -0.1) is 0 Å². The maximum atomic E-state index is 9.15. The number of nitrogens with two attached hydrogens (primary N) is 1. The summed E-state index contributed by atoms with van der Waals surface area (Å²) >= 11 is 0. The molecule has 0 spiro atoms. The van der Waals surface area contributed by atoms with Gasteiger partial charge in [0.25, 0.3) is 0 Å². The molecule has 0 saturated heterocycles. The number of rotatable bonds is 7. The molecule has 1 unspecified atom stereocenters. The minimum absolute atomic E-state index is 0.241. The molecular weight excluding hydrogens is 218 g/mol. The van der Waals surface area contributed by atoms with Gasteiger partial charge in [0, 0.05) is 19.2 Å². The van der Waals surface area contributed by atoms with Gasteiger partial charge in [-0.3, -0.25) is 0 Å². The molecule has 1 rings (SSSR count). The van der Waals surface area contributed by atoms with Crippen molar-refractivity contribution in [3.05, 3.63) is 6.07 Å². The Kier molecular flexibility index (Phi) is 5.48. The van der Waals surface area contributed by atoms with E-state index in [-0.39, 0.29) is 12.1 Å². The molecule has 0 saturated carbocycles. The van der Waals surface area contributed by atoms with E-state index in [1.165, 1.54) is 0 Å². The van der Waals surface area contributed by atoms with Gasteiger partial charge in [0.1, 0.15) is 11.6 Å². The summed E-state index contributed by atoms with van der Waals surface area (Å²) in [4.78, 5) is 8.15. The van der Waals surface area contributed by atoms with Crippen LogP contribution in [0.4, 0.5) is 17.6 Å². The Morgan fingerprint density at radius 1 is 1.29 bits per heavy atom. The number of hydrogen-bond donors (Lipinski definition) is 4. The van der Waals surface area contributed by atoms with E-state index in [9.17, 15) is 0 Å². The van der Waals surface area contributed by atoms with Crippen molar-refractivity contribution in [3.8, 4) is 0 Å². The highest BCUT2D eigenvalue weighted by Gasteiger charge is 2.02. The molecule has 0 amide bonds. The predicted molar refractivity (Wildman–Crippen MR) is 70.0 cm³/mol. The lowest BCUT2D eigenvalue weighted by molar-refractivity contribution is 0.188. The van der Waals surface area contributed by atoms with Crippen molar-refractivity contribution >= 4 is 17.6 Å². The maximum absolute atomic E-state index is 9.15. The minimum atomic E-state index is -0.320. The highest BCUT2D eigenvalue weighted by molar-refractivity contribution is 5.50. The first-order valence-corrected chi connectivity index (χ1v) is 5.92. The zero-order valence-corrected chi connectivity index (χ0v) is 10.4.